The van der Waals surface area contributed by atoms with Crippen LogP contribution in [0.1, 0.15) is 20.7 Å². The molecule has 7 heteroatoms. The van der Waals surface area contributed by atoms with Crippen LogP contribution in [0.15, 0.2) is 36.7 Å². The van der Waals surface area contributed by atoms with Gasteiger partial charge in [0.2, 0.25) is 0 Å². The highest BCUT2D eigenvalue weighted by Crippen LogP contribution is 2.23. The van der Waals surface area contributed by atoms with Gasteiger partial charge in [-0.3, -0.25) is 9.78 Å². The predicted molar refractivity (Wildman–Crippen MR) is 72.1 cm³/mol. The first-order valence-electron chi connectivity index (χ1n) is 5.85. The van der Waals surface area contributed by atoms with E-state index in [4.69, 9.17) is 9.84 Å². The smallest absolute Gasteiger partial charge is 0.337 e. The number of para-hydroxylation sites is 1. The average Bonchev–Trinajstić information content (AvgIpc) is 2.48. The molecule has 0 bridgehead atoms. The van der Waals surface area contributed by atoms with E-state index in [-0.39, 0.29) is 16.9 Å². The molecule has 0 aliphatic heterocycles. The lowest BCUT2D eigenvalue weighted by Crippen LogP contribution is -2.17. The lowest BCUT2D eigenvalue weighted by molar-refractivity contribution is 0.0697. The third-order valence-electron chi connectivity index (χ3n) is 2.73. The van der Waals surface area contributed by atoms with Crippen molar-refractivity contribution in [3.8, 4) is 5.75 Å². The maximum Gasteiger partial charge on any atom is 0.337 e. The molecule has 0 saturated heterocycles. The number of carboxylic acid groups (broad SMARTS) is 1. The summed E-state index contributed by atoms with van der Waals surface area (Å²) in [7, 11) is 1.36. The molecule has 2 N–H and O–H groups in total. The molecule has 6 nitrogen and oxygen atoms in total. The van der Waals surface area contributed by atoms with Crippen molar-refractivity contribution in [3.05, 3.63) is 53.6 Å². The standard InChI is InChI=1S/C14H11FN2O4/c1-21-11-7-16-6-5-8(11)13(18)17-12-9(14(19)20)3-2-4-10(12)15/h2-7H,1H3,(H,17,18)(H,19,20). The van der Waals surface area contributed by atoms with E-state index in [0.717, 1.165) is 6.07 Å². The number of nitrogens with one attached hydrogen (secondary N) is 1. The maximum atomic E-state index is 13.7. The number of amides is 1. The Morgan fingerprint density at radius 1 is 1.29 bits per heavy atom. The molecule has 2 rings (SSSR count). The fraction of sp³-hybridized carbons (Fsp3) is 0.0714. The topological polar surface area (TPSA) is 88.5 Å². The molecule has 1 amide bonds. The zero-order valence-corrected chi connectivity index (χ0v) is 11.0. The Balaban J connectivity index is 2.38. The molecule has 0 radical (unpaired) electrons. The number of nitrogens with zero attached hydrogens (tertiary/aromatic N) is 1. The number of carbonyl (C=O) groups excluding carboxylic acids is 1. The molecule has 21 heavy (non-hydrogen) atoms. The molecule has 0 atom stereocenters. The summed E-state index contributed by atoms with van der Waals surface area (Å²) in [5.74, 6) is -2.67. The van der Waals surface area contributed by atoms with Crippen LogP contribution in [0.3, 0.4) is 0 Å². The molecule has 1 heterocycles. The predicted octanol–water partition coefficient (Wildman–Crippen LogP) is 2.18. The number of aromatic carboxylic acids is 1. The van der Waals surface area contributed by atoms with Crippen LogP contribution in [-0.2, 0) is 0 Å². The third-order valence-corrected chi connectivity index (χ3v) is 2.73. The van der Waals surface area contributed by atoms with Crippen molar-refractivity contribution >= 4 is 17.6 Å². The van der Waals surface area contributed by atoms with Crippen molar-refractivity contribution in [2.75, 3.05) is 12.4 Å². The van der Waals surface area contributed by atoms with Crippen LogP contribution in [0, 0.1) is 5.82 Å². The Hall–Kier alpha value is -2.96. The fourth-order valence-electron chi connectivity index (χ4n) is 1.74. The lowest BCUT2D eigenvalue weighted by atomic mass is 10.1. The number of methoxy groups -OCH3 is 1. The van der Waals surface area contributed by atoms with Crippen LogP contribution in [0.2, 0.25) is 0 Å². The fourth-order valence-corrected chi connectivity index (χ4v) is 1.74. The van der Waals surface area contributed by atoms with E-state index in [2.05, 4.69) is 10.3 Å². The van der Waals surface area contributed by atoms with Gasteiger partial charge < -0.3 is 15.2 Å². The van der Waals surface area contributed by atoms with E-state index in [9.17, 15) is 14.0 Å². The SMILES string of the molecule is COc1cnccc1C(=O)Nc1c(F)cccc1C(=O)O. The van der Waals surface area contributed by atoms with E-state index < -0.39 is 23.4 Å². The zero-order valence-electron chi connectivity index (χ0n) is 11.0. The summed E-state index contributed by atoms with van der Waals surface area (Å²) in [4.78, 5) is 27.0. The second kappa shape index (κ2) is 6.00. The van der Waals surface area contributed by atoms with Gasteiger partial charge in [0.05, 0.1) is 30.1 Å². The van der Waals surface area contributed by atoms with Crippen molar-refractivity contribution in [2.24, 2.45) is 0 Å². The van der Waals surface area contributed by atoms with Gasteiger partial charge in [-0.1, -0.05) is 6.07 Å². The summed E-state index contributed by atoms with van der Waals surface area (Å²) < 4.78 is 18.7. The number of carboxylic acids is 1. The summed E-state index contributed by atoms with van der Waals surface area (Å²) in [5.41, 5.74) is -0.614. The van der Waals surface area contributed by atoms with Crippen LogP contribution in [0.25, 0.3) is 0 Å². The van der Waals surface area contributed by atoms with Gasteiger partial charge >= 0.3 is 5.97 Å². The van der Waals surface area contributed by atoms with Gasteiger partial charge in [0.1, 0.15) is 11.6 Å². The first kappa shape index (κ1) is 14.4. The number of carbonyl (C=O) groups is 2. The monoisotopic (exact) mass is 290 g/mol. The average molecular weight is 290 g/mol. The van der Waals surface area contributed by atoms with Crippen molar-refractivity contribution in [3.63, 3.8) is 0 Å². The van der Waals surface area contributed by atoms with Gasteiger partial charge in [-0.05, 0) is 18.2 Å². The normalized spacial score (nSPS) is 10.0. The molecule has 1 aromatic carbocycles. The minimum atomic E-state index is -1.34. The molecular weight excluding hydrogens is 279 g/mol. The number of rotatable bonds is 4. The Morgan fingerprint density at radius 3 is 2.71 bits per heavy atom. The summed E-state index contributed by atoms with van der Waals surface area (Å²) in [6, 6.07) is 4.90. The van der Waals surface area contributed by atoms with Gasteiger partial charge in [0.15, 0.2) is 0 Å². The van der Waals surface area contributed by atoms with Crippen molar-refractivity contribution < 1.29 is 23.8 Å². The number of hydrogen-bond donors (Lipinski definition) is 2. The van der Waals surface area contributed by atoms with Crippen molar-refractivity contribution in [1.82, 2.24) is 4.98 Å². The van der Waals surface area contributed by atoms with Crippen LogP contribution in [-0.4, -0.2) is 29.1 Å². The number of halogens is 1. The molecule has 0 spiro atoms. The maximum absolute atomic E-state index is 13.7. The number of pyridine rings is 1. The van der Waals surface area contributed by atoms with Gasteiger partial charge in [0, 0.05) is 6.20 Å². The van der Waals surface area contributed by atoms with Gasteiger partial charge in [-0.2, -0.15) is 0 Å². The highest BCUT2D eigenvalue weighted by Gasteiger charge is 2.19. The molecular formula is C14H11FN2O4. The van der Waals surface area contributed by atoms with E-state index in [0.29, 0.717) is 0 Å². The Bertz CT molecular complexity index is 703. The van der Waals surface area contributed by atoms with Crippen molar-refractivity contribution in [2.45, 2.75) is 0 Å². The number of ether oxygens (including phenoxy) is 1. The molecule has 0 aliphatic carbocycles. The third kappa shape index (κ3) is 2.97. The Kier molecular flexibility index (Phi) is 4.13. The van der Waals surface area contributed by atoms with Crippen LogP contribution < -0.4 is 10.1 Å². The molecule has 1 aromatic heterocycles. The summed E-state index contributed by atoms with van der Waals surface area (Å²) in [5, 5.41) is 11.3. The Labute approximate surface area is 119 Å². The zero-order chi connectivity index (χ0) is 15.4. The first-order chi connectivity index (χ1) is 10.0. The van der Waals surface area contributed by atoms with Gasteiger partial charge in [-0.25, -0.2) is 9.18 Å². The van der Waals surface area contributed by atoms with E-state index in [1.807, 2.05) is 0 Å². The number of hydrogen-bond acceptors (Lipinski definition) is 4. The van der Waals surface area contributed by atoms with Gasteiger partial charge in [0.25, 0.3) is 5.91 Å². The molecule has 0 aliphatic rings. The molecule has 0 saturated carbocycles. The first-order valence-corrected chi connectivity index (χ1v) is 5.85. The molecule has 0 fully saturated rings. The lowest BCUT2D eigenvalue weighted by Gasteiger charge is -2.11. The second-order valence-corrected chi connectivity index (χ2v) is 4.00. The molecule has 0 unspecified atom stereocenters. The van der Waals surface area contributed by atoms with Gasteiger partial charge in [-0.15, -0.1) is 0 Å². The summed E-state index contributed by atoms with van der Waals surface area (Å²) >= 11 is 0. The molecule has 2 aromatic rings. The number of aromatic nitrogens is 1. The second-order valence-electron chi connectivity index (χ2n) is 4.00. The minimum Gasteiger partial charge on any atom is -0.494 e. The van der Waals surface area contributed by atoms with Crippen LogP contribution in [0.5, 0.6) is 5.75 Å². The van der Waals surface area contributed by atoms with E-state index in [1.165, 1.54) is 37.7 Å². The quantitative estimate of drug-likeness (QED) is 0.901. The minimum absolute atomic E-state index is 0.118. The largest absolute Gasteiger partial charge is 0.494 e. The van der Waals surface area contributed by atoms with Crippen LogP contribution >= 0.6 is 0 Å². The van der Waals surface area contributed by atoms with E-state index in [1.54, 1.807) is 0 Å². The number of benzene rings is 1. The summed E-state index contributed by atoms with van der Waals surface area (Å²) in [6.45, 7) is 0. The molecule has 108 valence electrons. The summed E-state index contributed by atoms with van der Waals surface area (Å²) in [6.07, 6.45) is 2.70. The Morgan fingerprint density at radius 2 is 2.05 bits per heavy atom. The van der Waals surface area contributed by atoms with Crippen molar-refractivity contribution in [1.29, 1.82) is 0 Å². The highest BCUT2D eigenvalue weighted by atomic mass is 19.1. The number of anilines is 1. The van der Waals surface area contributed by atoms with E-state index >= 15 is 0 Å². The van der Waals surface area contributed by atoms with Crippen LogP contribution in [0.4, 0.5) is 10.1 Å². The highest BCUT2D eigenvalue weighted by molar-refractivity contribution is 6.09.